The zero-order valence-corrected chi connectivity index (χ0v) is 9.81. The van der Waals surface area contributed by atoms with Gasteiger partial charge in [0, 0.05) is 19.6 Å². The third kappa shape index (κ3) is 7.03. The van der Waals surface area contributed by atoms with Crippen LogP contribution in [-0.4, -0.2) is 25.4 Å². The minimum absolute atomic E-state index is 0.0714. The fraction of sp³-hybridized carbons (Fsp3) is 1.00. The maximum atomic E-state index is 12.0. The summed E-state index contributed by atoms with van der Waals surface area (Å²) >= 11 is 0. The highest BCUT2D eigenvalue weighted by Gasteiger charge is 2.27. The van der Waals surface area contributed by atoms with E-state index < -0.39 is 12.6 Å². The van der Waals surface area contributed by atoms with Gasteiger partial charge in [-0.3, -0.25) is 11.3 Å². The Bertz CT molecular complexity index is 176. The van der Waals surface area contributed by atoms with Gasteiger partial charge in [-0.05, 0) is 19.3 Å². The van der Waals surface area contributed by atoms with E-state index in [1.165, 1.54) is 0 Å². The molecule has 16 heavy (non-hydrogen) atoms. The first-order valence-corrected chi connectivity index (χ1v) is 5.50. The van der Waals surface area contributed by atoms with Crippen LogP contribution in [0, 0.1) is 0 Å². The van der Waals surface area contributed by atoms with Gasteiger partial charge in [0.1, 0.15) is 0 Å². The SMILES string of the molecule is CCCC(OC)C(CCCC(F)(F)F)NN. The number of nitrogens with two attached hydrogens (primary N) is 1. The molecular formula is C10H21F3N2O. The van der Waals surface area contributed by atoms with Gasteiger partial charge in [0.15, 0.2) is 0 Å². The Labute approximate surface area is 94.5 Å². The largest absolute Gasteiger partial charge is 0.389 e. The van der Waals surface area contributed by atoms with Gasteiger partial charge in [-0.1, -0.05) is 13.3 Å². The van der Waals surface area contributed by atoms with Gasteiger partial charge >= 0.3 is 6.18 Å². The molecule has 0 radical (unpaired) electrons. The van der Waals surface area contributed by atoms with Crippen molar-refractivity contribution >= 4 is 0 Å². The lowest BCUT2D eigenvalue weighted by atomic mass is 10.0. The third-order valence-electron chi connectivity index (χ3n) is 2.51. The second-order valence-electron chi connectivity index (χ2n) is 3.84. The molecule has 0 spiro atoms. The molecule has 0 fully saturated rings. The molecular weight excluding hydrogens is 221 g/mol. The van der Waals surface area contributed by atoms with Crippen LogP contribution in [0.5, 0.6) is 0 Å². The van der Waals surface area contributed by atoms with E-state index in [4.69, 9.17) is 10.6 Å². The molecule has 0 saturated carbocycles. The minimum Gasteiger partial charge on any atom is -0.380 e. The zero-order valence-electron chi connectivity index (χ0n) is 9.81. The zero-order chi connectivity index (χ0) is 12.6. The predicted molar refractivity (Wildman–Crippen MR) is 56.7 cm³/mol. The number of ether oxygens (including phenoxy) is 1. The van der Waals surface area contributed by atoms with Crippen molar-refractivity contribution in [2.24, 2.45) is 5.84 Å². The predicted octanol–water partition coefficient (Wildman–Crippen LogP) is 2.37. The van der Waals surface area contributed by atoms with Gasteiger partial charge in [0.2, 0.25) is 0 Å². The van der Waals surface area contributed by atoms with Crippen LogP contribution in [0.2, 0.25) is 0 Å². The van der Waals surface area contributed by atoms with Gasteiger partial charge in [-0.25, -0.2) is 0 Å². The lowest BCUT2D eigenvalue weighted by Gasteiger charge is -2.25. The number of hydrogen-bond acceptors (Lipinski definition) is 3. The van der Waals surface area contributed by atoms with E-state index in [1.807, 2.05) is 6.92 Å². The molecule has 2 atom stereocenters. The molecule has 0 amide bonds. The minimum atomic E-state index is -4.09. The molecule has 6 heteroatoms. The number of rotatable bonds is 8. The molecule has 3 N–H and O–H groups in total. The summed E-state index contributed by atoms with van der Waals surface area (Å²) in [5, 5.41) is 0. The highest BCUT2D eigenvalue weighted by molar-refractivity contribution is 4.75. The summed E-state index contributed by atoms with van der Waals surface area (Å²) in [5.41, 5.74) is 2.53. The molecule has 0 bridgehead atoms. The summed E-state index contributed by atoms with van der Waals surface area (Å²) in [7, 11) is 1.55. The van der Waals surface area contributed by atoms with Crippen LogP contribution in [0.3, 0.4) is 0 Å². The molecule has 98 valence electrons. The summed E-state index contributed by atoms with van der Waals surface area (Å²) in [4.78, 5) is 0. The fourth-order valence-electron chi connectivity index (χ4n) is 1.67. The smallest absolute Gasteiger partial charge is 0.380 e. The highest BCUT2D eigenvalue weighted by Crippen LogP contribution is 2.23. The summed E-state index contributed by atoms with van der Waals surface area (Å²) in [6.45, 7) is 2.00. The Balaban J connectivity index is 3.98. The highest BCUT2D eigenvalue weighted by atomic mass is 19.4. The topological polar surface area (TPSA) is 47.3 Å². The molecule has 0 aliphatic carbocycles. The van der Waals surface area contributed by atoms with Gasteiger partial charge in [0.25, 0.3) is 0 Å². The summed E-state index contributed by atoms with van der Waals surface area (Å²) in [6, 6.07) is -0.215. The van der Waals surface area contributed by atoms with Crippen LogP contribution >= 0.6 is 0 Å². The van der Waals surface area contributed by atoms with E-state index in [-0.39, 0.29) is 18.6 Å². The number of alkyl halides is 3. The monoisotopic (exact) mass is 242 g/mol. The molecule has 2 unspecified atom stereocenters. The normalized spacial score (nSPS) is 16.1. The molecule has 0 aromatic carbocycles. The van der Waals surface area contributed by atoms with Crippen LogP contribution < -0.4 is 11.3 Å². The lowest BCUT2D eigenvalue weighted by Crippen LogP contribution is -2.44. The van der Waals surface area contributed by atoms with Crippen molar-refractivity contribution in [3.05, 3.63) is 0 Å². The molecule has 0 aliphatic rings. The number of hydrazine groups is 1. The average molecular weight is 242 g/mol. The first-order valence-electron chi connectivity index (χ1n) is 5.50. The summed E-state index contributed by atoms with van der Waals surface area (Å²) in [5.74, 6) is 5.32. The average Bonchev–Trinajstić information content (AvgIpc) is 2.20. The quantitative estimate of drug-likeness (QED) is 0.507. The van der Waals surface area contributed by atoms with Gasteiger partial charge in [-0.15, -0.1) is 0 Å². The van der Waals surface area contributed by atoms with Crippen molar-refractivity contribution in [3.8, 4) is 0 Å². The lowest BCUT2D eigenvalue weighted by molar-refractivity contribution is -0.136. The van der Waals surface area contributed by atoms with Crippen LogP contribution in [0.1, 0.15) is 39.0 Å². The molecule has 0 heterocycles. The van der Waals surface area contributed by atoms with Crippen molar-refractivity contribution in [1.82, 2.24) is 5.43 Å². The number of methoxy groups -OCH3 is 1. The number of nitrogens with one attached hydrogen (secondary N) is 1. The van der Waals surface area contributed by atoms with Gasteiger partial charge in [-0.2, -0.15) is 13.2 Å². The molecule has 0 aromatic rings. The Morgan fingerprint density at radius 3 is 2.31 bits per heavy atom. The van der Waals surface area contributed by atoms with Crippen molar-refractivity contribution in [3.63, 3.8) is 0 Å². The van der Waals surface area contributed by atoms with E-state index in [9.17, 15) is 13.2 Å². The Hall–Kier alpha value is -0.330. The summed E-state index contributed by atoms with van der Waals surface area (Å²) in [6.07, 6.45) is -2.84. The maximum absolute atomic E-state index is 12.0. The standard InChI is InChI=1S/C10H21F3N2O/c1-3-5-9(16-2)8(15-14)6-4-7-10(11,12)13/h8-9,15H,3-7,14H2,1-2H3. The Morgan fingerprint density at radius 1 is 1.31 bits per heavy atom. The first-order chi connectivity index (χ1) is 7.44. The van der Waals surface area contributed by atoms with Crippen molar-refractivity contribution < 1.29 is 17.9 Å². The fourth-order valence-corrected chi connectivity index (χ4v) is 1.67. The van der Waals surface area contributed by atoms with Gasteiger partial charge in [0.05, 0.1) is 6.10 Å². The second kappa shape index (κ2) is 7.86. The van der Waals surface area contributed by atoms with Crippen LogP contribution in [0.15, 0.2) is 0 Å². The van der Waals surface area contributed by atoms with Crippen molar-refractivity contribution in [2.75, 3.05) is 7.11 Å². The first kappa shape index (κ1) is 15.7. The molecule has 0 aromatic heterocycles. The molecule has 3 nitrogen and oxygen atoms in total. The van der Waals surface area contributed by atoms with Crippen LogP contribution in [0.25, 0.3) is 0 Å². The van der Waals surface area contributed by atoms with Crippen molar-refractivity contribution in [1.29, 1.82) is 0 Å². The van der Waals surface area contributed by atoms with E-state index in [0.29, 0.717) is 6.42 Å². The summed E-state index contributed by atoms with van der Waals surface area (Å²) < 4.78 is 41.1. The third-order valence-corrected chi connectivity index (χ3v) is 2.51. The van der Waals surface area contributed by atoms with E-state index in [2.05, 4.69) is 5.43 Å². The Kier molecular flexibility index (Phi) is 7.70. The van der Waals surface area contributed by atoms with Crippen LogP contribution in [-0.2, 0) is 4.74 Å². The second-order valence-corrected chi connectivity index (χ2v) is 3.84. The van der Waals surface area contributed by atoms with Crippen LogP contribution in [0.4, 0.5) is 13.2 Å². The number of halogens is 3. The molecule has 0 rings (SSSR count). The Morgan fingerprint density at radius 2 is 1.94 bits per heavy atom. The van der Waals surface area contributed by atoms with E-state index in [0.717, 1.165) is 12.8 Å². The number of hydrogen-bond donors (Lipinski definition) is 2. The van der Waals surface area contributed by atoms with E-state index >= 15 is 0 Å². The molecule has 0 saturated heterocycles. The van der Waals surface area contributed by atoms with Gasteiger partial charge < -0.3 is 4.74 Å². The molecule has 0 aliphatic heterocycles. The van der Waals surface area contributed by atoms with E-state index in [1.54, 1.807) is 7.11 Å². The van der Waals surface area contributed by atoms with Crippen molar-refractivity contribution in [2.45, 2.75) is 57.3 Å². The maximum Gasteiger partial charge on any atom is 0.389 e.